The maximum atomic E-state index is 5.58. The molecular weight excluding hydrogens is 378 g/mol. The van der Waals surface area contributed by atoms with Gasteiger partial charge < -0.3 is 20.1 Å². The second kappa shape index (κ2) is 7.14. The molecule has 1 aromatic carbocycles. The summed E-state index contributed by atoms with van der Waals surface area (Å²) in [6.45, 7) is 3.70. The monoisotopic (exact) mass is 393 g/mol. The number of rotatable bonds is 3. The van der Waals surface area contributed by atoms with E-state index in [4.69, 9.17) is 21.7 Å². The Morgan fingerprint density at radius 1 is 1.22 bits per heavy atom. The minimum Gasteiger partial charge on any atom is -0.486 e. The van der Waals surface area contributed by atoms with Crippen LogP contribution in [0.2, 0.25) is 0 Å². The van der Waals surface area contributed by atoms with Gasteiger partial charge in [0.2, 0.25) is 0 Å². The number of hydrogen-bond donors (Lipinski definition) is 2. The number of nitrogens with zero attached hydrogens (tertiary/aromatic N) is 1. The molecule has 0 radical (unpaired) electrons. The first kappa shape index (κ1) is 16.0. The molecule has 120 valence electrons. The SMILES string of the molecule is Cc1nc(NC(=S)NCc2ccc3c(c2)OCCO3)ccc1Br. The van der Waals surface area contributed by atoms with E-state index in [1.165, 1.54) is 0 Å². The van der Waals surface area contributed by atoms with Crippen LogP contribution in [0.3, 0.4) is 0 Å². The van der Waals surface area contributed by atoms with Gasteiger partial charge in [0.1, 0.15) is 19.0 Å². The summed E-state index contributed by atoms with van der Waals surface area (Å²) >= 11 is 8.73. The van der Waals surface area contributed by atoms with Gasteiger partial charge in [0, 0.05) is 11.0 Å². The lowest BCUT2D eigenvalue weighted by Gasteiger charge is -2.19. The standard InChI is InChI=1S/C16H16BrN3O2S/c1-10-12(17)3-5-15(19-10)20-16(23)18-9-11-2-4-13-14(8-11)22-7-6-21-13/h2-5,8H,6-7,9H2,1H3,(H2,18,19,20,23). The van der Waals surface area contributed by atoms with Crippen molar-refractivity contribution < 1.29 is 9.47 Å². The van der Waals surface area contributed by atoms with Crippen molar-refractivity contribution in [3.63, 3.8) is 0 Å². The fourth-order valence-electron chi connectivity index (χ4n) is 2.15. The lowest BCUT2D eigenvalue weighted by atomic mass is 10.2. The van der Waals surface area contributed by atoms with Gasteiger partial charge in [-0.1, -0.05) is 6.07 Å². The highest BCUT2D eigenvalue weighted by Gasteiger charge is 2.11. The molecule has 0 aliphatic carbocycles. The molecule has 3 rings (SSSR count). The number of pyridine rings is 1. The molecule has 7 heteroatoms. The molecule has 0 saturated heterocycles. The predicted octanol–water partition coefficient (Wildman–Crippen LogP) is 3.41. The van der Waals surface area contributed by atoms with E-state index >= 15 is 0 Å². The molecule has 0 saturated carbocycles. The van der Waals surface area contributed by atoms with Crippen molar-refractivity contribution in [3.05, 3.63) is 46.1 Å². The van der Waals surface area contributed by atoms with Crippen LogP contribution < -0.4 is 20.1 Å². The molecule has 23 heavy (non-hydrogen) atoms. The summed E-state index contributed by atoms with van der Waals surface area (Å²) < 4.78 is 12.1. The van der Waals surface area contributed by atoms with Crippen molar-refractivity contribution in [1.29, 1.82) is 0 Å². The van der Waals surface area contributed by atoms with Gasteiger partial charge in [-0.25, -0.2) is 4.98 Å². The van der Waals surface area contributed by atoms with Gasteiger partial charge in [-0.15, -0.1) is 0 Å². The van der Waals surface area contributed by atoms with Gasteiger partial charge in [0.05, 0.1) is 5.69 Å². The lowest BCUT2D eigenvalue weighted by molar-refractivity contribution is 0.171. The molecule has 0 unspecified atom stereocenters. The number of halogens is 1. The Hall–Kier alpha value is -1.86. The number of nitrogens with one attached hydrogen (secondary N) is 2. The highest BCUT2D eigenvalue weighted by molar-refractivity contribution is 9.10. The largest absolute Gasteiger partial charge is 0.486 e. The molecule has 5 nitrogen and oxygen atoms in total. The Morgan fingerprint density at radius 3 is 2.78 bits per heavy atom. The zero-order valence-corrected chi connectivity index (χ0v) is 15.0. The second-order valence-corrected chi connectivity index (χ2v) is 6.31. The topological polar surface area (TPSA) is 55.4 Å². The van der Waals surface area contributed by atoms with Crippen LogP contribution in [0.4, 0.5) is 5.82 Å². The zero-order chi connectivity index (χ0) is 16.2. The summed E-state index contributed by atoms with van der Waals surface area (Å²) in [5.41, 5.74) is 1.97. The summed E-state index contributed by atoms with van der Waals surface area (Å²) in [5.74, 6) is 2.28. The average molecular weight is 394 g/mol. The molecule has 2 aromatic rings. The van der Waals surface area contributed by atoms with Crippen LogP contribution in [0.1, 0.15) is 11.3 Å². The van der Waals surface area contributed by atoms with E-state index < -0.39 is 0 Å². The normalized spacial score (nSPS) is 12.6. The minimum atomic E-state index is 0.522. The molecule has 2 heterocycles. The third-order valence-corrected chi connectivity index (χ3v) is 4.41. The first-order chi connectivity index (χ1) is 11.1. The number of anilines is 1. The minimum absolute atomic E-state index is 0.522. The number of hydrogen-bond acceptors (Lipinski definition) is 4. The van der Waals surface area contributed by atoms with Crippen molar-refractivity contribution in [2.45, 2.75) is 13.5 Å². The van der Waals surface area contributed by atoms with Crippen LogP contribution in [-0.4, -0.2) is 23.3 Å². The molecule has 0 atom stereocenters. The summed E-state index contributed by atoms with van der Waals surface area (Å²) in [4.78, 5) is 4.40. The van der Waals surface area contributed by atoms with E-state index in [0.717, 1.165) is 27.2 Å². The Morgan fingerprint density at radius 2 is 2.00 bits per heavy atom. The van der Waals surface area contributed by atoms with Crippen LogP contribution >= 0.6 is 28.1 Å². The smallest absolute Gasteiger partial charge is 0.172 e. The average Bonchev–Trinajstić information content (AvgIpc) is 2.56. The molecule has 0 fully saturated rings. The quantitative estimate of drug-likeness (QED) is 0.779. The number of benzene rings is 1. The summed E-state index contributed by atoms with van der Waals surface area (Å²) in [5, 5.41) is 6.76. The highest BCUT2D eigenvalue weighted by atomic mass is 79.9. The summed E-state index contributed by atoms with van der Waals surface area (Å²) in [6.07, 6.45) is 0. The fourth-order valence-corrected chi connectivity index (χ4v) is 2.55. The van der Waals surface area contributed by atoms with Crippen molar-refractivity contribution in [2.75, 3.05) is 18.5 Å². The van der Waals surface area contributed by atoms with Crippen LogP contribution in [0, 0.1) is 6.92 Å². The highest BCUT2D eigenvalue weighted by Crippen LogP contribution is 2.30. The molecule has 1 aliphatic heterocycles. The van der Waals surface area contributed by atoms with Gasteiger partial charge in [-0.3, -0.25) is 0 Å². The number of aryl methyl sites for hydroxylation is 1. The summed E-state index contributed by atoms with van der Waals surface area (Å²) in [6, 6.07) is 9.68. The molecule has 2 N–H and O–H groups in total. The first-order valence-electron chi connectivity index (χ1n) is 7.18. The van der Waals surface area contributed by atoms with Gasteiger partial charge in [-0.2, -0.15) is 0 Å². The Bertz CT molecular complexity index is 739. The van der Waals surface area contributed by atoms with Crippen molar-refractivity contribution in [3.8, 4) is 11.5 Å². The van der Waals surface area contributed by atoms with Crippen LogP contribution in [-0.2, 0) is 6.54 Å². The van der Waals surface area contributed by atoms with Crippen LogP contribution in [0.25, 0.3) is 0 Å². The number of aromatic nitrogens is 1. The molecule has 1 aliphatic rings. The summed E-state index contributed by atoms with van der Waals surface area (Å²) in [7, 11) is 0. The third kappa shape index (κ3) is 4.11. The van der Waals surface area contributed by atoms with Crippen molar-refractivity contribution >= 4 is 39.1 Å². The first-order valence-corrected chi connectivity index (χ1v) is 8.38. The van der Waals surface area contributed by atoms with E-state index in [1.807, 2.05) is 37.3 Å². The second-order valence-electron chi connectivity index (χ2n) is 5.05. The molecule has 0 spiro atoms. The van der Waals surface area contributed by atoms with E-state index in [9.17, 15) is 0 Å². The molecule has 0 bridgehead atoms. The Kier molecular flexibility index (Phi) is 4.97. The Balaban J connectivity index is 1.57. The number of thiocarbonyl (C=S) groups is 1. The number of ether oxygens (including phenoxy) is 2. The lowest BCUT2D eigenvalue weighted by Crippen LogP contribution is -2.28. The zero-order valence-electron chi connectivity index (χ0n) is 12.6. The van der Waals surface area contributed by atoms with Crippen molar-refractivity contribution in [1.82, 2.24) is 10.3 Å². The van der Waals surface area contributed by atoms with Gasteiger partial charge >= 0.3 is 0 Å². The molecule has 0 amide bonds. The van der Waals surface area contributed by atoms with E-state index in [2.05, 4.69) is 31.5 Å². The van der Waals surface area contributed by atoms with E-state index in [-0.39, 0.29) is 0 Å². The van der Waals surface area contributed by atoms with Crippen molar-refractivity contribution in [2.24, 2.45) is 0 Å². The van der Waals surface area contributed by atoms with E-state index in [0.29, 0.717) is 30.7 Å². The van der Waals surface area contributed by atoms with Gasteiger partial charge in [0.25, 0.3) is 0 Å². The molecular formula is C16H16BrN3O2S. The van der Waals surface area contributed by atoms with Gasteiger partial charge in [0.15, 0.2) is 16.6 Å². The van der Waals surface area contributed by atoms with Gasteiger partial charge in [-0.05, 0) is 64.9 Å². The Labute approximate surface area is 148 Å². The molecule has 1 aromatic heterocycles. The number of fused-ring (bicyclic) bond motifs is 1. The fraction of sp³-hybridized carbons (Fsp3) is 0.250. The maximum Gasteiger partial charge on any atom is 0.172 e. The van der Waals surface area contributed by atoms with Crippen LogP contribution in [0.5, 0.6) is 11.5 Å². The maximum absolute atomic E-state index is 5.58. The van der Waals surface area contributed by atoms with Crippen LogP contribution in [0.15, 0.2) is 34.8 Å². The van der Waals surface area contributed by atoms with E-state index in [1.54, 1.807) is 0 Å². The third-order valence-electron chi connectivity index (χ3n) is 3.32. The predicted molar refractivity (Wildman–Crippen MR) is 97.2 cm³/mol.